The van der Waals surface area contributed by atoms with Crippen molar-refractivity contribution in [1.82, 2.24) is 14.5 Å². The molecule has 7 nitrogen and oxygen atoms in total. The molecule has 162 valence electrons. The number of ether oxygens (including phenoxy) is 1. The van der Waals surface area contributed by atoms with E-state index < -0.39 is 10.0 Å². The Morgan fingerprint density at radius 3 is 2.27 bits per heavy atom. The number of likely N-dealkylation sites (N-methyl/N-ethyl adjacent to an activating group) is 1. The monoisotopic (exact) mass is 431 g/mol. The van der Waals surface area contributed by atoms with Crippen LogP contribution in [-0.2, 0) is 14.8 Å². The lowest BCUT2D eigenvalue weighted by Gasteiger charge is -2.33. The van der Waals surface area contributed by atoms with Gasteiger partial charge in [0, 0.05) is 32.2 Å². The average molecular weight is 432 g/mol. The molecule has 0 saturated carbocycles. The summed E-state index contributed by atoms with van der Waals surface area (Å²) in [5.74, 6) is 0.409. The predicted octanol–water partition coefficient (Wildman–Crippen LogP) is 2.27. The van der Waals surface area contributed by atoms with E-state index in [0.29, 0.717) is 18.8 Å². The zero-order chi connectivity index (χ0) is 21.6. The predicted molar refractivity (Wildman–Crippen MR) is 116 cm³/mol. The lowest BCUT2D eigenvalue weighted by atomic mass is 10.1. The van der Waals surface area contributed by atoms with Gasteiger partial charge in [-0.15, -0.1) is 0 Å². The van der Waals surface area contributed by atoms with Gasteiger partial charge >= 0.3 is 0 Å². The zero-order valence-corrected chi connectivity index (χ0v) is 18.3. The van der Waals surface area contributed by atoms with Gasteiger partial charge in [0.05, 0.1) is 4.90 Å². The maximum absolute atomic E-state index is 12.6. The Labute approximate surface area is 178 Å². The molecule has 8 heteroatoms. The number of nitrogens with one attached hydrogen (secondary N) is 1. The second-order valence-electron chi connectivity index (χ2n) is 7.33. The van der Waals surface area contributed by atoms with Crippen molar-refractivity contribution in [2.75, 3.05) is 39.3 Å². The van der Waals surface area contributed by atoms with Crippen LogP contribution in [0, 0.1) is 0 Å². The van der Waals surface area contributed by atoms with Crippen molar-refractivity contribution in [3.05, 3.63) is 60.2 Å². The molecule has 2 aromatic rings. The van der Waals surface area contributed by atoms with Crippen molar-refractivity contribution in [1.29, 1.82) is 0 Å². The Bertz CT molecular complexity index is 925. The van der Waals surface area contributed by atoms with E-state index in [4.69, 9.17) is 4.74 Å². The quantitative estimate of drug-likeness (QED) is 0.694. The second-order valence-corrected chi connectivity index (χ2v) is 9.04. The van der Waals surface area contributed by atoms with E-state index in [0.717, 1.165) is 25.2 Å². The molecule has 1 aliphatic heterocycles. The molecule has 0 spiro atoms. The van der Waals surface area contributed by atoms with Crippen LogP contribution in [0.25, 0.3) is 0 Å². The maximum Gasteiger partial charge on any atom is 0.260 e. The SMILES string of the molecule is CCN1CCN(C(=O)COc2ccc(S(=O)(=O)N[C@@H](C)c3ccccc3)cc2)CC1. The first-order chi connectivity index (χ1) is 14.4. The molecule has 0 radical (unpaired) electrons. The second kappa shape index (κ2) is 10.1. The first-order valence-corrected chi connectivity index (χ1v) is 11.7. The topological polar surface area (TPSA) is 79.0 Å². The maximum atomic E-state index is 12.6. The van der Waals surface area contributed by atoms with Crippen LogP contribution in [0.2, 0.25) is 0 Å². The molecule has 0 unspecified atom stereocenters. The highest BCUT2D eigenvalue weighted by atomic mass is 32.2. The Kier molecular flexibility index (Phi) is 7.47. The number of carbonyl (C=O) groups is 1. The van der Waals surface area contributed by atoms with Gasteiger partial charge in [-0.1, -0.05) is 37.3 Å². The van der Waals surface area contributed by atoms with Gasteiger partial charge in [0.15, 0.2) is 6.61 Å². The van der Waals surface area contributed by atoms with Gasteiger partial charge in [-0.2, -0.15) is 0 Å². The van der Waals surface area contributed by atoms with Crippen LogP contribution in [-0.4, -0.2) is 63.5 Å². The Morgan fingerprint density at radius 1 is 1.03 bits per heavy atom. The van der Waals surface area contributed by atoms with E-state index in [2.05, 4.69) is 16.5 Å². The third-order valence-corrected chi connectivity index (χ3v) is 6.86. The van der Waals surface area contributed by atoms with Gasteiger partial charge in [-0.05, 0) is 43.3 Å². The highest BCUT2D eigenvalue weighted by molar-refractivity contribution is 7.89. The summed E-state index contributed by atoms with van der Waals surface area (Å²) in [5, 5.41) is 0. The van der Waals surface area contributed by atoms with Crippen LogP contribution in [0.1, 0.15) is 25.5 Å². The number of amides is 1. The standard InChI is InChI=1S/C22H29N3O4S/c1-3-24-13-15-25(16-14-24)22(26)17-29-20-9-11-21(12-10-20)30(27,28)23-18(2)19-7-5-4-6-8-19/h4-12,18,23H,3,13-17H2,1-2H3/t18-/m0/s1. The lowest BCUT2D eigenvalue weighted by molar-refractivity contribution is -0.135. The molecule has 1 heterocycles. The number of rotatable bonds is 8. The number of carbonyl (C=O) groups excluding carboxylic acids is 1. The number of hydrogen-bond donors (Lipinski definition) is 1. The number of hydrogen-bond acceptors (Lipinski definition) is 5. The summed E-state index contributed by atoms with van der Waals surface area (Å²) in [6.07, 6.45) is 0. The Balaban J connectivity index is 1.53. The number of sulfonamides is 1. The van der Waals surface area contributed by atoms with E-state index in [1.165, 1.54) is 12.1 Å². The lowest BCUT2D eigenvalue weighted by Crippen LogP contribution is -2.49. The summed E-state index contributed by atoms with van der Waals surface area (Å²) in [6, 6.07) is 15.2. The van der Waals surface area contributed by atoms with Crippen molar-refractivity contribution < 1.29 is 17.9 Å². The minimum atomic E-state index is -3.67. The van der Waals surface area contributed by atoms with E-state index >= 15 is 0 Å². The zero-order valence-electron chi connectivity index (χ0n) is 17.5. The van der Waals surface area contributed by atoms with Gasteiger partial charge in [0.25, 0.3) is 5.91 Å². The van der Waals surface area contributed by atoms with E-state index in [9.17, 15) is 13.2 Å². The normalized spacial score (nSPS) is 16.3. The molecule has 1 saturated heterocycles. The van der Waals surface area contributed by atoms with Crippen LogP contribution >= 0.6 is 0 Å². The Hall–Kier alpha value is -2.42. The number of benzene rings is 2. The average Bonchev–Trinajstić information content (AvgIpc) is 2.78. The van der Waals surface area contributed by atoms with Crippen molar-refractivity contribution in [3.8, 4) is 5.75 Å². The first kappa shape index (κ1) is 22.3. The third kappa shape index (κ3) is 5.81. The molecule has 30 heavy (non-hydrogen) atoms. The molecule has 2 aromatic carbocycles. The fourth-order valence-corrected chi connectivity index (χ4v) is 4.61. The minimum Gasteiger partial charge on any atom is -0.484 e. The number of piperazine rings is 1. The summed E-state index contributed by atoms with van der Waals surface area (Å²) in [4.78, 5) is 16.6. The van der Waals surface area contributed by atoms with Crippen LogP contribution in [0.5, 0.6) is 5.75 Å². The first-order valence-electron chi connectivity index (χ1n) is 10.2. The molecular weight excluding hydrogens is 402 g/mol. The Morgan fingerprint density at radius 2 is 1.67 bits per heavy atom. The fraction of sp³-hybridized carbons (Fsp3) is 0.409. The van der Waals surface area contributed by atoms with Crippen LogP contribution in [0.4, 0.5) is 0 Å². The summed E-state index contributed by atoms with van der Waals surface area (Å²) in [6.45, 7) is 8.02. The van der Waals surface area contributed by atoms with Crippen molar-refractivity contribution in [2.24, 2.45) is 0 Å². The minimum absolute atomic E-state index is 0.0541. The van der Waals surface area contributed by atoms with Crippen LogP contribution in [0.3, 0.4) is 0 Å². The molecule has 0 bridgehead atoms. The van der Waals surface area contributed by atoms with Gasteiger partial charge in [-0.3, -0.25) is 4.79 Å². The highest BCUT2D eigenvalue weighted by Gasteiger charge is 2.21. The highest BCUT2D eigenvalue weighted by Crippen LogP contribution is 2.19. The summed E-state index contributed by atoms with van der Waals surface area (Å²) in [7, 11) is -3.67. The van der Waals surface area contributed by atoms with E-state index in [-0.39, 0.29) is 23.5 Å². The molecule has 1 fully saturated rings. The summed E-state index contributed by atoms with van der Waals surface area (Å²) in [5.41, 5.74) is 0.888. The third-order valence-electron chi connectivity index (χ3n) is 5.30. The molecule has 1 aliphatic rings. The van der Waals surface area contributed by atoms with Crippen molar-refractivity contribution in [3.63, 3.8) is 0 Å². The van der Waals surface area contributed by atoms with Crippen LogP contribution in [0.15, 0.2) is 59.5 Å². The largest absolute Gasteiger partial charge is 0.484 e. The summed E-state index contributed by atoms with van der Waals surface area (Å²) < 4.78 is 33.5. The van der Waals surface area contributed by atoms with Gasteiger partial charge in [0.2, 0.25) is 10.0 Å². The van der Waals surface area contributed by atoms with Crippen molar-refractivity contribution >= 4 is 15.9 Å². The van der Waals surface area contributed by atoms with E-state index in [1.54, 1.807) is 24.0 Å². The molecule has 1 atom stereocenters. The van der Waals surface area contributed by atoms with Gasteiger partial charge in [-0.25, -0.2) is 13.1 Å². The van der Waals surface area contributed by atoms with Gasteiger partial charge < -0.3 is 14.5 Å². The fourth-order valence-electron chi connectivity index (χ4n) is 3.38. The van der Waals surface area contributed by atoms with Crippen LogP contribution < -0.4 is 9.46 Å². The van der Waals surface area contributed by atoms with Gasteiger partial charge in [0.1, 0.15) is 5.75 Å². The van der Waals surface area contributed by atoms with E-state index in [1.807, 2.05) is 30.3 Å². The smallest absolute Gasteiger partial charge is 0.260 e. The molecule has 1 amide bonds. The molecule has 3 rings (SSSR count). The molecule has 0 aromatic heterocycles. The molecular formula is C22H29N3O4S. The molecule has 0 aliphatic carbocycles. The molecule has 1 N–H and O–H groups in total. The number of nitrogens with zero attached hydrogens (tertiary/aromatic N) is 2. The summed E-state index contributed by atoms with van der Waals surface area (Å²) >= 11 is 0. The van der Waals surface area contributed by atoms with Crippen molar-refractivity contribution in [2.45, 2.75) is 24.8 Å².